The van der Waals surface area contributed by atoms with Crippen LogP contribution in [0.25, 0.3) is 0 Å². The van der Waals surface area contributed by atoms with Crippen LogP contribution >= 0.6 is 0 Å². The standard InChI is InChI=1S/C13H15NO3/c1-9(13(15)16-2)12-8-11(14-17-12)10-6-4-3-5-7-10/h3-7,9,12H,8H2,1-2H3. The van der Waals surface area contributed by atoms with Crippen molar-refractivity contribution in [2.24, 2.45) is 11.1 Å². The lowest BCUT2D eigenvalue weighted by molar-refractivity contribution is -0.149. The molecule has 2 atom stereocenters. The Morgan fingerprint density at radius 1 is 1.47 bits per heavy atom. The molecule has 0 amide bonds. The molecule has 1 aromatic rings. The fourth-order valence-corrected chi connectivity index (χ4v) is 1.80. The summed E-state index contributed by atoms with van der Waals surface area (Å²) in [6.45, 7) is 1.79. The number of benzene rings is 1. The maximum Gasteiger partial charge on any atom is 0.312 e. The summed E-state index contributed by atoms with van der Waals surface area (Å²) in [7, 11) is 1.38. The molecule has 1 heterocycles. The molecule has 17 heavy (non-hydrogen) atoms. The van der Waals surface area contributed by atoms with Gasteiger partial charge in [0.25, 0.3) is 0 Å². The first-order chi connectivity index (χ1) is 8.22. The number of hydrogen-bond donors (Lipinski definition) is 0. The minimum atomic E-state index is -0.301. The van der Waals surface area contributed by atoms with E-state index in [4.69, 9.17) is 9.57 Å². The molecule has 0 aliphatic carbocycles. The molecule has 4 heteroatoms. The zero-order valence-electron chi connectivity index (χ0n) is 9.92. The third-order valence-electron chi connectivity index (χ3n) is 2.93. The van der Waals surface area contributed by atoms with Crippen LogP contribution < -0.4 is 0 Å². The molecule has 0 radical (unpaired) electrons. The highest BCUT2D eigenvalue weighted by molar-refractivity contribution is 6.01. The van der Waals surface area contributed by atoms with E-state index in [0.29, 0.717) is 6.42 Å². The molecular weight excluding hydrogens is 218 g/mol. The van der Waals surface area contributed by atoms with Crippen LogP contribution in [0.5, 0.6) is 0 Å². The van der Waals surface area contributed by atoms with E-state index in [-0.39, 0.29) is 18.0 Å². The number of carbonyl (C=O) groups excluding carboxylic acids is 1. The van der Waals surface area contributed by atoms with Gasteiger partial charge < -0.3 is 9.57 Å². The summed E-state index contributed by atoms with van der Waals surface area (Å²) >= 11 is 0. The van der Waals surface area contributed by atoms with Gasteiger partial charge in [-0.2, -0.15) is 0 Å². The second-order valence-corrected chi connectivity index (χ2v) is 4.06. The van der Waals surface area contributed by atoms with Crippen molar-refractivity contribution in [1.82, 2.24) is 0 Å². The van der Waals surface area contributed by atoms with Crippen molar-refractivity contribution in [3.63, 3.8) is 0 Å². The lowest BCUT2D eigenvalue weighted by atomic mass is 9.97. The number of rotatable bonds is 3. The molecule has 2 rings (SSSR count). The molecule has 1 aliphatic rings. The van der Waals surface area contributed by atoms with E-state index in [1.165, 1.54) is 7.11 Å². The third kappa shape index (κ3) is 2.46. The molecule has 0 saturated heterocycles. The Balaban J connectivity index is 2.02. The first kappa shape index (κ1) is 11.6. The molecule has 4 nitrogen and oxygen atoms in total. The summed E-state index contributed by atoms with van der Waals surface area (Å²) in [5, 5.41) is 4.03. The zero-order valence-corrected chi connectivity index (χ0v) is 9.92. The zero-order chi connectivity index (χ0) is 12.3. The average molecular weight is 233 g/mol. The Morgan fingerprint density at radius 3 is 2.82 bits per heavy atom. The van der Waals surface area contributed by atoms with Crippen molar-refractivity contribution < 1.29 is 14.4 Å². The minimum Gasteiger partial charge on any atom is -0.469 e. The van der Waals surface area contributed by atoms with E-state index < -0.39 is 0 Å². The van der Waals surface area contributed by atoms with Crippen LogP contribution in [0, 0.1) is 5.92 Å². The Morgan fingerprint density at radius 2 is 2.18 bits per heavy atom. The first-order valence-corrected chi connectivity index (χ1v) is 5.58. The Hall–Kier alpha value is -1.84. The maximum absolute atomic E-state index is 11.4. The number of nitrogens with zero attached hydrogens (tertiary/aromatic N) is 1. The Labute approximate surface area is 100 Å². The van der Waals surface area contributed by atoms with E-state index in [1.807, 2.05) is 30.3 Å². The highest BCUT2D eigenvalue weighted by Gasteiger charge is 2.32. The molecule has 0 bridgehead atoms. The quantitative estimate of drug-likeness (QED) is 0.750. The van der Waals surface area contributed by atoms with Gasteiger partial charge in [-0.1, -0.05) is 35.5 Å². The van der Waals surface area contributed by atoms with Gasteiger partial charge in [0.2, 0.25) is 0 Å². The summed E-state index contributed by atoms with van der Waals surface area (Å²) in [4.78, 5) is 16.7. The predicted octanol–water partition coefficient (Wildman–Crippen LogP) is 1.99. The van der Waals surface area contributed by atoms with Crippen molar-refractivity contribution in [3.05, 3.63) is 35.9 Å². The van der Waals surface area contributed by atoms with Gasteiger partial charge in [0.05, 0.1) is 18.7 Å². The summed E-state index contributed by atoms with van der Waals surface area (Å²) in [6, 6.07) is 9.82. The number of oxime groups is 1. The van der Waals surface area contributed by atoms with Gasteiger partial charge in [-0.3, -0.25) is 4.79 Å². The first-order valence-electron chi connectivity index (χ1n) is 5.58. The summed E-state index contributed by atoms with van der Waals surface area (Å²) in [6.07, 6.45) is 0.415. The van der Waals surface area contributed by atoms with Gasteiger partial charge in [0.15, 0.2) is 0 Å². The Bertz CT molecular complexity index is 428. The van der Waals surface area contributed by atoms with Crippen LogP contribution in [-0.4, -0.2) is 24.9 Å². The smallest absolute Gasteiger partial charge is 0.312 e. The summed E-state index contributed by atoms with van der Waals surface area (Å²) < 4.78 is 4.70. The molecule has 90 valence electrons. The molecule has 0 N–H and O–H groups in total. The van der Waals surface area contributed by atoms with Crippen LogP contribution in [0.15, 0.2) is 35.5 Å². The molecule has 2 unspecified atom stereocenters. The van der Waals surface area contributed by atoms with E-state index in [0.717, 1.165) is 11.3 Å². The molecule has 1 aliphatic heterocycles. The molecule has 0 saturated carbocycles. The van der Waals surface area contributed by atoms with E-state index in [1.54, 1.807) is 6.92 Å². The normalized spacial score (nSPS) is 20.4. The van der Waals surface area contributed by atoms with E-state index >= 15 is 0 Å². The number of carbonyl (C=O) groups is 1. The van der Waals surface area contributed by atoms with Crippen LogP contribution in [0.3, 0.4) is 0 Å². The van der Waals surface area contributed by atoms with Crippen molar-refractivity contribution >= 4 is 11.7 Å². The molecule has 0 fully saturated rings. The van der Waals surface area contributed by atoms with E-state index in [2.05, 4.69) is 5.16 Å². The SMILES string of the molecule is COC(=O)C(C)C1CC(c2ccccc2)=NO1. The van der Waals surface area contributed by atoms with Crippen molar-refractivity contribution in [2.75, 3.05) is 7.11 Å². The highest BCUT2D eigenvalue weighted by Crippen LogP contribution is 2.22. The van der Waals surface area contributed by atoms with Crippen LogP contribution in [0.4, 0.5) is 0 Å². The van der Waals surface area contributed by atoms with E-state index in [9.17, 15) is 4.79 Å². The van der Waals surface area contributed by atoms with Gasteiger partial charge in [0, 0.05) is 6.42 Å². The Kier molecular flexibility index (Phi) is 3.42. The largest absolute Gasteiger partial charge is 0.469 e. The number of ether oxygens (including phenoxy) is 1. The van der Waals surface area contributed by atoms with Crippen molar-refractivity contribution in [2.45, 2.75) is 19.4 Å². The van der Waals surface area contributed by atoms with Gasteiger partial charge in [-0.05, 0) is 12.5 Å². The van der Waals surface area contributed by atoms with Gasteiger partial charge in [-0.15, -0.1) is 0 Å². The summed E-state index contributed by atoms with van der Waals surface area (Å²) in [5.41, 5.74) is 1.92. The lowest BCUT2D eigenvalue weighted by Gasteiger charge is -2.14. The number of esters is 1. The van der Waals surface area contributed by atoms with Gasteiger partial charge in [-0.25, -0.2) is 0 Å². The summed E-state index contributed by atoms with van der Waals surface area (Å²) in [5.74, 6) is -0.565. The van der Waals surface area contributed by atoms with Gasteiger partial charge in [0.1, 0.15) is 6.10 Å². The minimum absolute atomic E-state index is 0.224. The molecule has 0 aromatic heterocycles. The number of methoxy groups -OCH3 is 1. The molecular formula is C13H15NO3. The second kappa shape index (κ2) is 4.99. The lowest BCUT2D eigenvalue weighted by Crippen LogP contribution is -2.27. The molecule has 0 spiro atoms. The third-order valence-corrected chi connectivity index (χ3v) is 2.93. The van der Waals surface area contributed by atoms with Crippen LogP contribution in [0.2, 0.25) is 0 Å². The highest BCUT2D eigenvalue weighted by atomic mass is 16.6. The van der Waals surface area contributed by atoms with Crippen molar-refractivity contribution in [1.29, 1.82) is 0 Å². The topological polar surface area (TPSA) is 47.9 Å². The fraction of sp³-hybridized carbons (Fsp3) is 0.385. The fourth-order valence-electron chi connectivity index (χ4n) is 1.80. The second-order valence-electron chi connectivity index (χ2n) is 4.06. The van der Waals surface area contributed by atoms with Crippen molar-refractivity contribution in [3.8, 4) is 0 Å². The predicted molar refractivity (Wildman–Crippen MR) is 63.6 cm³/mol. The van der Waals surface area contributed by atoms with Crippen LogP contribution in [0.1, 0.15) is 18.9 Å². The van der Waals surface area contributed by atoms with Gasteiger partial charge >= 0.3 is 5.97 Å². The monoisotopic (exact) mass is 233 g/mol. The maximum atomic E-state index is 11.4. The molecule has 1 aromatic carbocycles. The number of hydrogen-bond acceptors (Lipinski definition) is 4. The average Bonchev–Trinajstić information content (AvgIpc) is 2.87. The van der Waals surface area contributed by atoms with Crippen LogP contribution in [-0.2, 0) is 14.4 Å².